The Morgan fingerprint density at radius 2 is 1.73 bits per heavy atom. The molecule has 6 heteroatoms. The van der Waals surface area contributed by atoms with E-state index in [9.17, 15) is 4.79 Å². The summed E-state index contributed by atoms with van der Waals surface area (Å²) in [5.74, 6) is 0.359. The Hall–Kier alpha value is -2.63. The smallest absolute Gasteiger partial charge is 0.273 e. The maximum absolute atomic E-state index is 12.8. The van der Waals surface area contributed by atoms with Gasteiger partial charge in [0.15, 0.2) is 11.5 Å². The lowest BCUT2D eigenvalue weighted by Gasteiger charge is -2.31. The first kappa shape index (κ1) is 20.6. The molecular weight excluding hydrogens is 398 g/mol. The Labute approximate surface area is 182 Å². The van der Waals surface area contributed by atoms with Crippen molar-refractivity contribution in [2.45, 2.75) is 31.7 Å². The summed E-state index contributed by atoms with van der Waals surface area (Å²) < 4.78 is 5.37. The van der Waals surface area contributed by atoms with Gasteiger partial charge in [-0.3, -0.25) is 9.69 Å². The zero-order chi connectivity index (χ0) is 20.8. The summed E-state index contributed by atoms with van der Waals surface area (Å²) in [7, 11) is 0. The van der Waals surface area contributed by atoms with E-state index in [-0.39, 0.29) is 11.9 Å². The van der Waals surface area contributed by atoms with Crippen LogP contribution in [-0.4, -0.2) is 35.6 Å². The minimum Gasteiger partial charge on any atom is -0.355 e. The van der Waals surface area contributed by atoms with Crippen molar-refractivity contribution in [3.63, 3.8) is 0 Å². The molecule has 2 heterocycles. The van der Waals surface area contributed by atoms with Crippen LogP contribution in [0.3, 0.4) is 0 Å². The average Bonchev–Trinajstić information content (AvgIpc) is 3.13. The van der Waals surface area contributed by atoms with E-state index < -0.39 is 0 Å². The first-order valence-corrected chi connectivity index (χ1v) is 10.9. The van der Waals surface area contributed by atoms with E-state index in [4.69, 9.17) is 16.1 Å². The fraction of sp³-hybridized carbons (Fsp3) is 0.333. The van der Waals surface area contributed by atoms with Crippen LogP contribution in [0.5, 0.6) is 0 Å². The van der Waals surface area contributed by atoms with Crippen LogP contribution in [0.15, 0.2) is 65.2 Å². The van der Waals surface area contributed by atoms with E-state index in [1.165, 1.54) is 25.7 Å². The number of aromatic nitrogens is 1. The van der Waals surface area contributed by atoms with Crippen LogP contribution in [0, 0.1) is 0 Å². The molecule has 2 aromatic carbocycles. The molecular formula is C24H26ClN3O2. The summed E-state index contributed by atoms with van der Waals surface area (Å²) in [4.78, 5) is 15.2. The molecule has 30 heavy (non-hydrogen) atoms. The third-order valence-electron chi connectivity index (χ3n) is 5.59. The van der Waals surface area contributed by atoms with Crippen molar-refractivity contribution in [2.75, 3.05) is 19.6 Å². The van der Waals surface area contributed by atoms with Gasteiger partial charge in [-0.05, 0) is 43.6 Å². The molecule has 0 aliphatic carbocycles. The molecule has 1 amide bonds. The van der Waals surface area contributed by atoms with E-state index in [1.807, 2.05) is 54.6 Å². The molecule has 0 bridgehead atoms. The van der Waals surface area contributed by atoms with Gasteiger partial charge in [0.25, 0.3) is 5.91 Å². The minimum atomic E-state index is -0.227. The number of hydrogen-bond acceptors (Lipinski definition) is 4. The van der Waals surface area contributed by atoms with E-state index in [0.29, 0.717) is 23.0 Å². The SMILES string of the molecule is O=C(NC[C@H](c1ccc(Cl)cc1)N1CCCCCC1)c1cc(-c2ccccc2)on1. The highest BCUT2D eigenvalue weighted by molar-refractivity contribution is 6.30. The Morgan fingerprint density at radius 1 is 1.03 bits per heavy atom. The van der Waals surface area contributed by atoms with Gasteiger partial charge in [0, 0.05) is 23.2 Å². The number of carbonyl (C=O) groups excluding carboxylic acids is 1. The van der Waals surface area contributed by atoms with E-state index in [1.54, 1.807) is 6.07 Å². The summed E-state index contributed by atoms with van der Waals surface area (Å²) in [6.07, 6.45) is 4.89. The van der Waals surface area contributed by atoms with Crippen molar-refractivity contribution < 1.29 is 9.32 Å². The van der Waals surface area contributed by atoms with Gasteiger partial charge in [-0.1, -0.05) is 72.1 Å². The molecule has 4 rings (SSSR count). The maximum Gasteiger partial charge on any atom is 0.273 e. The molecule has 156 valence electrons. The highest BCUT2D eigenvalue weighted by atomic mass is 35.5. The van der Waals surface area contributed by atoms with Gasteiger partial charge in [-0.2, -0.15) is 0 Å². The van der Waals surface area contributed by atoms with Gasteiger partial charge in [-0.15, -0.1) is 0 Å². The highest BCUT2D eigenvalue weighted by Gasteiger charge is 2.23. The monoisotopic (exact) mass is 423 g/mol. The lowest BCUT2D eigenvalue weighted by atomic mass is 10.0. The Kier molecular flexibility index (Phi) is 6.82. The van der Waals surface area contributed by atoms with Gasteiger partial charge >= 0.3 is 0 Å². The van der Waals surface area contributed by atoms with Crippen molar-refractivity contribution in [3.8, 4) is 11.3 Å². The quantitative estimate of drug-likeness (QED) is 0.581. The van der Waals surface area contributed by atoms with Crippen molar-refractivity contribution >= 4 is 17.5 Å². The summed E-state index contributed by atoms with van der Waals surface area (Å²) in [6.45, 7) is 2.57. The summed E-state index contributed by atoms with van der Waals surface area (Å²) in [5.41, 5.74) is 2.35. The first-order valence-electron chi connectivity index (χ1n) is 10.5. The molecule has 1 saturated heterocycles. The third kappa shape index (κ3) is 5.10. The van der Waals surface area contributed by atoms with Crippen LogP contribution >= 0.6 is 11.6 Å². The fourth-order valence-corrected chi connectivity index (χ4v) is 4.08. The molecule has 3 aromatic rings. The largest absolute Gasteiger partial charge is 0.355 e. The number of benzene rings is 2. The van der Waals surface area contributed by atoms with Crippen molar-refractivity contribution in [1.29, 1.82) is 0 Å². The maximum atomic E-state index is 12.8. The lowest BCUT2D eigenvalue weighted by molar-refractivity contribution is 0.0924. The van der Waals surface area contributed by atoms with E-state index in [0.717, 1.165) is 24.2 Å². The van der Waals surface area contributed by atoms with Crippen molar-refractivity contribution in [1.82, 2.24) is 15.4 Å². The molecule has 0 spiro atoms. The minimum absolute atomic E-state index is 0.102. The number of rotatable bonds is 6. The van der Waals surface area contributed by atoms with E-state index >= 15 is 0 Å². The molecule has 1 atom stereocenters. The number of carbonyl (C=O) groups is 1. The molecule has 0 unspecified atom stereocenters. The number of nitrogens with one attached hydrogen (secondary N) is 1. The van der Waals surface area contributed by atoms with Crippen LogP contribution < -0.4 is 5.32 Å². The van der Waals surface area contributed by atoms with Gasteiger partial charge in [0.2, 0.25) is 0 Å². The second-order valence-electron chi connectivity index (χ2n) is 7.67. The van der Waals surface area contributed by atoms with Gasteiger partial charge in [0.05, 0.1) is 6.04 Å². The normalized spacial score (nSPS) is 16.0. The van der Waals surface area contributed by atoms with Crippen LogP contribution in [0.2, 0.25) is 5.02 Å². The van der Waals surface area contributed by atoms with Crippen molar-refractivity contribution in [3.05, 3.63) is 76.9 Å². The molecule has 1 aliphatic heterocycles. The van der Waals surface area contributed by atoms with Crippen LogP contribution in [-0.2, 0) is 0 Å². The second kappa shape index (κ2) is 9.92. The van der Waals surface area contributed by atoms with Crippen LogP contribution in [0.1, 0.15) is 47.8 Å². The Balaban J connectivity index is 1.47. The lowest BCUT2D eigenvalue weighted by Crippen LogP contribution is -2.38. The highest BCUT2D eigenvalue weighted by Crippen LogP contribution is 2.25. The molecule has 0 saturated carbocycles. The Morgan fingerprint density at radius 3 is 2.43 bits per heavy atom. The molecule has 0 radical (unpaired) electrons. The molecule has 1 fully saturated rings. The summed E-state index contributed by atoms with van der Waals surface area (Å²) >= 11 is 6.09. The molecule has 5 nitrogen and oxygen atoms in total. The Bertz CT molecular complexity index is 948. The van der Waals surface area contributed by atoms with Crippen molar-refractivity contribution in [2.24, 2.45) is 0 Å². The average molecular weight is 424 g/mol. The van der Waals surface area contributed by atoms with E-state index in [2.05, 4.69) is 15.4 Å². The third-order valence-corrected chi connectivity index (χ3v) is 5.85. The summed E-state index contributed by atoms with van der Waals surface area (Å²) in [6, 6.07) is 19.4. The van der Waals surface area contributed by atoms with Gasteiger partial charge < -0.3 is 9.84 Å². The first-order chi connectivity index (χ1) is 14.7. The molecule has 1 N–H and O–H groups in total. The number of hydrogen-bond donors (Lipinski definition) is 1. The predicted octanol–water partition coefficient (Wildman–Crippen LogP) is 5.34. The fourth-order valence-electron chi connectivity index (χ4n) is 3.95. The second-order valence-corrected chi connectivity index (χ2v) is 8.11. The van der Waals surface area contributed by atoms with Gasteiger partial charge in [-0.25, -0.2) is 0 Å². The number of halogens is 1. The molecule has 1 aliphatic rings. The van der Waals surface area contributed by atoms with Crippen LogP contribution in [0.25, 0.3) is 11.3 Å². The van der Waals surface area contributed by atoms with Gasteiger partial charge in [0.1, 0.15) is 0 Å². The number of likely N-dealkylation sites (tertiary alicyclic amines) is 1. The predicted molar refractivity (Wildman–Crippen MR) is 119 cm³/mol. The molecule has 1 aromatic heterocycles. The number of amides is 1. The van der Waals surface area contributed by atoms with Crippen LogP contribution in [0.4, 0.5) is 0 Å². The number of nitrogens with zero attached hydrogens (tertiary/aromatic N) is 2. The zero-order valence-electron chi connectivity index (χ0n) is 16.9. The topological polar surface area (TPSA) is 58.4 Å². The standard InChI is InChI=1S/C24H26ClN3O2/c25-20-12-10-18(11-13-20)22(28-14-6-1-2-7-15-28)17-26-24(29)21-16-23(30-27-21)19-8-4-3-5-9-19/h3-5,8-13,16,22H,1-2,6-7,14-15,17H2,(H,26,29)/t22-/m1/s1. The zero-order valence-corrected chi connectivity index (χ0v) is 17.6. The summed E-state index contributed by atoms with van der Waals surface area (Å²) in [5, 5.41) is 7.74.